The van der Waals surface area contributed by atoms with Crippen LogP contribution in [0.15, 0.2) is 30.3 Å². The van der Waals surface area contributed by atoms with Gasteiger partial charge in [-0.05, 0) is 65.5 Å². The van der Waals surface area contributed by atoms with Gasteiger partial charge in [0.05, 0.1) is 24.9 Å². The van der Waals surface area contributed by atoms with E-state index in [1.165, 1.54) is 12.1 Å². The third kappa shape index (κ3) is 4.04. The van der Waals surface area contributed by atoms with Crippen LogP contribution in [0, 0.1) is 11.3 Å². The molecule has 2 aliphatic rings. The molecule has 0 aromatic heterocycles. The van der Waals surface area contributed by atoms with Crippen molar-refractivity contribution in [1.29, 1.82) is 0 Å². The van der Waals surface area contributed by atoms with E-state index in [9.17, 15) is 13.2 Å². The first kappa shape index (κ1) is 21.4. The van der Waals surface area contributed by atoms with E-state index in [2.05, 4.69) is 20.8 Å². The lowest BCUT2D eigenvalue weighted by Gasteiger charge is -2.38. The Morgan fingerprint density at radius 3 is 2.20 bits per heavy atom. The molecule has 0 radical (unpaired) electrons. The van der Waals surface area contributed by atoms with E-state index in [0.717, 1.165) is 31.2 Å². The van der Waals surface area contributed by atoms with E-state index < -0.39 is 17.3 Å². The molecular weight excluding hydrogens is 391 g/mol. The first-order valence-electron chi connectivity index (χ1n) is 10.7. The molecule has 1 aliphatic carbocycles. The Kier molecular flexibility index (Phi) is 5.30. The molecular formula is C24H30F3NO2. The molecule has 2 fully saturated rings. The molecule has 30 heavy (non-hydrogen) atoms. The number of fused-ring (bicyclic) bond motifs is 1. The summed E-state index contributed by atoms with van der Waals surface area (Å²) in [6.07, 6.45) is -1.15. The molecule has 0 unspecified atom stereocenters. The second-order valence-electron chi connectivity index (χ2n) is 9.98. The molecule has 1 aliphatic heterocycles. The molecule has 4 rings (SSSR count). The van der Waals surface area contributed by atoms with Crippen LogP contribution in [0.1, 0.15) is 57.6 Å². The van der Waals surface area contributed by atoms with Crippen LogP contribution in [0.4, 0.5) is 13.2 Å². The molecule has 2 aromatic carbocycles. The van der Waals surface area contributed by atoms with E-state index in [0.29, 0.717) is 24.5 Å². The first-order chi connectivity index (χ1) is 14.0. The van der Waals surface area contributed by atoms with Gasteiger partial charge in [-0.3, -0.25) is 0 Å². The second kappa shape index (κ2) is 7.41. The van der Waals surface area contributed by atoms with Gasteiger partial charge < -0.3 is 15.2 Å². The average molecular weight is 422 g/mol. The highest BCUT2D eigenvalue weighted by molar-refractivity contribution is 5.89. The van der Waals surface area contributed by atoms with Crippen LogP contribution >= 0.6 is 0 Å². The Morgan fingerprint density at radius 1 is 1.00 bits per heavy atom. The summed E-state index contributed by atoms with van der Waals surface area (Å²) in [4.78, 5) is 0. The molecule has 1 saturated carbocycles. The summed E-state index contributed by atoms with van der Waals surface area (Å²) >= 11 is 0. The lowest BCUT2D eigenvalue weighted by atomic mass is 9.72. The Morgan fingerprint density at radius 2 is 1.67 bits per heavy atom. The van der Waals surface area contributed by atoms with Gasteiger partial charge in [0.1, 0.15) is 11.3 Å². The molecule has 6 heteroatoms. The zero-order valence-electron chi connectivity index (χ0n) is 17.8. The zero-order valence-corrected chi connectivity index (χ0v) is 17.8. The van der Waals surface area contributed by atoms with Gasteiger partial charge in [0.25, 0.3) is 0 Å². The van der Waals surface area contributed by atoms with Crippen molar-refractivity contribution >= 4 is 10.8 Å². The maximum Gasteiger partial charge on any atom is 0.420 e. The molecule has 0 atom stereocenters. The van der Waals surface area contributed by atoms with Crippen LogP contribution in [0.2, 0.25) is 0 Å². The van der Waals surface area contributed by atoms with Crippen LogP contribution < -0.4 is 10.5 Å². The van der Waals surface area contributed by atoms with Gasteiger partial charge in [-0.1, -0.05) is 39.0 Å². The fourth-order valence-electron chi connectivity index (χ4n) is 4.73. The summed E-state index contributed by atoms with van der Waals surface area (Å²) in [6, 6.07) is 8.10. The Balaban J connectivity index is 1.63. The van der Waals surface area contributed by atoms with Crippen molar-refractivity contribution in [3.63, 3.8) is 0 Å². The molecule has 1 heterocycles. The maximum atomic E-state index is 14.0. The van der Waals surface area contributed by atoms with Crippen molar-refractivity contribution in [3.8, 4) is 5.75 Å². The number of halogens is 3. The van der Waals surface area contributed by atoms with Gasteiger partial charge in [-0.25, -0.2) is 0 Å². The highest BCUT2D eigenvalue weighted by atomic mass is 19.4. The highest BCUT2D eigenvalue weighted by Crippen LogP contribution is 2.44. The molecule has 0 bridgehead atoms. The zero-order chi connectivity index (χ0) is 21.7. The minimum Gasteiger partial charge on any atom is -0.490 e. The van der Waals surface area contributed by atoms with Crippen molar-refractivity contribution in [2.45, 2.75) is 64.3 Å². The summed E-state index contributed by atoms with van der Waals surface area (Å²) in [5.41, 5.74) is 5.96. The molecule has 0 spiro atoms. The minimum absolute atomic E-state index is 0.0728. The number of rotatable bonds is 3. The summed E-state index contributed by atoms with van der Waals surface area (Å²) in [5, 5.41) is 0.663. The largest absolute Gasteiger partial charge is 0.490 e. The SMILES string of the molecule is CC(C)(C)[C@H]1CC[C@H](Oc2ccc3cc(C4(N)COC4)ccc3c2C(F)(F)F)CC1. The first-order valence-corrected chi connectivity index (χ1v) is 10.7. The van der Waals surface area contributed by atoms with Crippen molar-refractivity contribution < 1.29 is 22.6 Å². The molecule has 2 aromatic rings. The predicted molar refractivity (Wildman–Crippen MR) is 111 cm³/mol. The lowest BCUT2D eigenvalue weighted by Crippen LogP contribution is -2.54. The van der Waals surface area contributed by atoms with E-state index >= 15 is 0 Å². The third-order valence-corrected chi connectivity index (χ3v) is 6.75. The number of ether oxygens (including phenoxy) is 2. The number of benzene rings is 2. The smallest absolute Gasteiger partial charge is 0.420 e. The Bertz CT molecular complexity index is 920. The van der Waals surface area contributed by atoms with Crippen LogP contribution in [0.3, 0.4) is 0 Å². The van der Waals surface area contributed by atoms with Crippen LogP contribution in [-0.2, 0) is 16.5 Å². The van der Waals surface area contributed by atoms with Crippen LogP contribution in [0.5, 0.6) is 5.75 Å². The van der Waals surface area contributed by atoms with E-state index in [4.69, 9.17) is 15.2 Å². The molecule has 0 amide bonds. The normalized spacial score (nSPS) is 24.5. The Labute approximate surface area is 175 Å². The van der Waals surface area contributed by atoms with E-state index in [1.807, 2.05) is 0 Å². The van der Waals surface area contributed by atoms with Crippen molar-refractivity contribution in [2.75, 3.05) is 13.2 Å². The average Bonchev–Trinajstić information content (AvgIpc) is 2.64. The van der Waals surface area contributed by atoms with Crippen molar-refractivity contribution in [1.82, 2.24) is 0 Å². The van der Waals surface area contributed by atoms with Crippen molar-refractivity contribution in [3.05, 3.63) is 41.5 Å². The van der Waals surface area contributed by atoms with Gasteiger partial charge in [0.2, 0.25) is 0 Å². The third-order valence-electron chi connectivity index (χ3n) is 6.75. The topological polar surface area (TPSA) is 44.5 Å². The number of hydrogen-bond acceptors (Lipinski definition) is 3. The number of nitrogens with two attached hydrogens (primary N) is 1. The minimum atomic E-state index is -4.50. The molecule has 2 N–H and O–H groups in total. The maximum absolute atomic E-state index is 14.0. The molecule has 164 valence electrons. The highest BCUT2D eigenvalue weighted by Gasteiger charge is 2.39. The monoisotopic (exact) mass is 421 g/mol. The molecule has 3 nitrogen and oxygen atoms in total. The van der Waals surface area contributed by atoms with Gasteiger partial charge in [-0.2, -0.15) is 13.2 Å². The van der Waals surface area contributed by atoms with Gasteiger partial charge in [0.15, 0.2) is 0 Å². The fourth-order valence-corrected chi connectivity index (χ4v) is 4.73. The van der Waals surface area contributed by atoms with E-state index in [1.54, 1.807) is 18.2 Å². The van der Waals surface area contributed by atoms with Gasteiger partial charge in [-0.15, -0.1) is 0 Å². The summed E-state index contributed by atoms with van der Waals surface area (Å²) in [7, 11) is 0. The van der Waals surface area contributed by atoms with E-state index in [-0.39, 0.29) is 22.7 Å². The number of hydrogen-bond donors (Lipinski definition) is 1. The summed E-state index contributed by atoms with van der Waals surface area (Å²) in [5.74, 6) is 0.505. The summed E-state index contributed by atoms with van der Waals surface area (Å²) in [6.45, 7) is 7.42. The lowest BCUT2D eigenvalue weighted by molar-refractivity contribution is -0.138. The quantitative estimate of drug-likeness (QED) is 0.658. The van der Waals surface area contributed by atoms with Gasteiger partial charge >= 0.3 is 6.18 Å². The Hall–Kier alpha value is -1.79. The summed E-state index contributed by atoms with van der Waals surface area (Å²) < 4.78 is 53.3. The second-order valence-corrected chi connectivity index (χ2v) is 9.98. The van der Waals surface area contributed by atoms with Crippen LogP contribution in [0.25, 0.3) is 10.8 Å². The molecule has 1 saturated heterocycles. The van der Waals surface area contributed by atoms with Crippen LogP contribution in [-0.4, -0.2) is 19.3 Å². The number of alkyl halides is 3. The fraction of sp³-hybridized carbons (Fsp3) is 0.583. The van der Waals surface area contributed by atoms with Gasteiger partial charge in [0, 0.05) is 0 Å². The van der Waals surface area contributed by atoms with Crippen molar-refractivity contribution in [2.24, 2.45) is 17.1 Å². The predicted octanol–water partition coefficient (Wildman–Crippen LogP) is 6.03. The standard InChI is InChI=1S/C24H30F3NO2/c1-22(2,3)16-5-8-18(9-6-16)30-20-11-4-15-12-17(23(28)13-29-14-23)7-10-19(15)21(20)24(25,26)27/h4,7,10-12,16,18H,5-6,8-9,13-14,28H2,1-3H3/t16-,18-.